The fourth-order valence-electron chi connectivity index (χ4n) is 2.79. The van der Waals surface area contributed by atoms with Gasteiger partial charge in [0.1, 0.15) is 6.23 Å². The molecule has 24 heavy (non-hydrogen) atoms. The van der Waals surface area contributed by atoms with Gasteiger partial charge in [-0.1, -0.05) is 68.4 Å². The summed E-state index contributed by atoms with van der Waals surface area (Å²) in [4.78, 5) is 13.9. The maximum absolute atomic E-state index is 12.3. The van der Waals surface area contributed by atoms with E-state index in [9.17, 15) is 9.90 Å². The second kappa shape index (κ2) is 7.24. The monoisotopic (exact) mass is 373 g/mol. The molecule has 3 nitrogen and oxygen atoms in total. The second-order valence-corrected chi connectivity index (χ2v) is 13.4. The molecule has 0 fully saturated rings. The van der Waals surface area contributed by atoms with Gasteiger partial charge in [-0.25, -0.2) is 0 Å². The lowest BCUT2D eigenvalue weighted by Crippen LogP contribution is -2.55. The van der Waals surface area contributed by atoms with Crippen molar-refractivity contribution < 1.29 is 9.90 Å². The van der Waals surface area contributed by atoms with Gasteiger partial charge in [-0.3, -0.25) is 4.79 Å². The van der Waals surface area contributed by atoms with Crippen molar-refractivity contribution in [2.24, 2.45) is 5.41 Å². The van der Waals surface area contributed by atoms with Gasteiger partial charge in [-0.05, 0) is 11.0 Å². The van der Waals surface area contributed by atoms with E-state index >= 15 is 0 Å². The number of hydrogen-bond donors (Lipinski definition) is 1. The van der Waals surface area contributed by atoms with E-state index in [0.717, 1.165) is 0 Å². The Labute approximate surface area is 157 Å². The number of nitrogens with zero attached hydrogens (tertiary/aromatic N) is 1. The van der Waals surface area contributed by atoms with E-state index in [1.807, 2.05) is 0 Å². The van der Waals surface area contributed by atoms with Crippen LogP contribution in [0.2, 0.25) is 0 Å². The SMILES string of the molecule is CC(=O)N1C(SC(C)(C)C)C=C(C(C)(C)C)C(SC(C)(C)C)C1O. The van der Waals surface area contributed by atoms with Crippen LogP contribution in [0.1, 0.15) is 69.2 Å². The maximum atomic E-state index is 12.3. The van der Waals surface area contributed by atoms with Gasteiger partial charge >= 0.3 is 0 Å². The van der Waals surface area contributed by atoms with Gasteiger partial charge in [-0.15, -0.1) is 23.5 Å². The Kier molecular flexibility index (Phi) is 6.61. The van der Waals surface area contributed by atoms with E-state index in [1.165, 1.54) is 5.57 Å². The lowest BCUT2D eigenvalue weighted by atomic mass is 9.82. The predicted molar refractivity (Wildman–Crippen MR) is 108 cm³/mol. The minimum atomic E-state index is -0.800. The summed E-state index contributed by atoms with van der Waals surface area (Å²) in [5, 5.41) is 10.9. The van der Waals surface area contributed by atoms with Crippen LogP contribution in [0, 0.1) is 5.41 Å². The van der Waals surface area contributed by atoms with Crippen LogP contribution in [-0.2, 0) is 4.79 Å². The Bertz CT molecular complexity index is 495. The van der Waals surface area contributed by atoms with Crippen LogP contribution < -0.4 is 0 Å². The third kappa shape index (κ3) is 5.99. The minimum absolute atomic E-state index is 0.00158. The topological polar surface area (TPSA) is 40.5 Å². The highest BCUT2D eigenvalue weighted by Crippen LogP contribution is 2.47. The zero-order valence-electron chi connectivity index (χ0n) is 16.9. The van der Waals surface area contributed by atoms with Gasteiger partial charge in [0.25, 0.3) is 0 Å². The average Bonchev–Trinajstić information content (AvgIpc) is 2.26. The van der Waals surface area contributed by atoms with Gasteiger partial charge in [0.05, 0.1) is 10.6 Å². The Morgan fingerprint density at radius 2 is 1.46 bits per heavy atom. The third-order valence-corrected chi connectivity index (χ3v) is 6.41. The lowest BCUT2D eigenvalue weighted by Gasteiger charge is -2.47. The standard InChI is InChI=1S/C19H35NO2S2/c1-12(21)20-14(23-18(5,6)7)11-13(17(2,3)4)15(16(20)22)24-19(8,9)10/h11,14-16,22H,1-10H3. The van der Waals surface area contributed by atoms with Crippen LogP contribution in [0.15, 0.2) is 11.6 Å². The maximum Gasteiger partial charge on any atom is 0.222 e. The van der Waals surface area contributed by atoms with Crippen LogP contribution in [0.3, 0.4) is 0 Å². The molecule has 0 bridgehead atoms. The molecule has 0 spiro atoms. The number of carbonyl (C=O) groups excluding carboxylic acids is 1. The van der Waals surface area contributed by atoms with Crippen molar-refractivity contribution >= 4 is 29.4 Å². The van der Waals surface area contributed by atoms with Crippen LogP contribution >= 0.6 is 23.5 Å². The molecule has 1 rings (SSSR count). The average molecular weight is 374 g/mol. The number of aliphatic hydroxyl groups is 1. The summed E-state index contributed by atoms with van der Waals surface area (Å²) < 4.78 is 0.00401. The summed E-state index contributed by atoms with van der Waals surface area (Å²) in [7, 11) is 0. The minimum Gasteiger partial charge on any atom is -0.372 e. The van der Waals surface area contributed by atoms with E-state index in [1.54, 1.807) is 35.3 Å². The molecule has 0 aliphatic carbocycles. The molecular formula is C19H35NO2S2. The van der Waals surface area contributed by atoms with E-state index in [4.69, 9.17) is 0 Å². The molecule has 1 N–H and O–H groups in total. The summed E-state index contributed by atoms with van der Waals surface area (Å²) in [6, 6.07) is 0. The summed E-state index contributed by atoms with van der Waals surface area (Å²) in [5.41, 5.74) is 1.18. The van der Waals surface area contributed by atoms with E-state index in [0.29, 0.717) is 0 Å². The first kappa shape index (κ1) is 21.9. The van der Waals surface area contributed by atoms with Crippen molar-refractivity contribution in [2.45, 2.75) is 95.6 Å². The highest BCUT2D eigenvalue weighted by atomic mass is 32.2. The summed E-state index contributed by atoms with van der Waals surface area (Å²) >= 11 is 3.46. The molecule has 0 aromatic rings. The van der Waals surface area contributed by atoms with Crippen molar-refractivity contribution in [3.63, 3.8) is 0 Å². The smallest absolute Gasteiger partial charge is 0.222 e. The van der Waals surface area contributed by atoms with Gasteiger partial charge < -0.3 is 10.0 Å². The third-order valence-electron chi connectivity index (χ3n) is 3.64. The van der Waals surface area contributed by atoms with Crippen molar-refractivity contribution in [1.29, 1.82) is 0 Å². The Morgan fingerprint density at radius 3 is 1.79 bits per heavy atom. The fraction of sp³-hybridized carbons (Fsp3) is 0.842. The molecule has 140 valence electrons. The molecule has 1 aliphatic rings. The molecule has 3 unspecified atom stereocenters. The van der Waals surface area contributed by atoms with Crippen LogP contribution in [0.25, 0.3) is 0 Å². The van der Waals surface area contributed by atoms with Gasteiger partial charge in [0.2, 0.25) is 5.91 Å². The van der Waals surface area contributed by atoms with Crippen molar-refractivity contribution in [3.05, 3.63) is 11.6 Å². The molecule has 1 amide bonds. The van der Waals surface area contributed by atoms with Gasteiger partial charge in [0, 0.05) is 16.4 Å². The molecule has 0 saturated carbocycles. The largest absolute Gasteiger partial charge is 0.372 e. The number of thioether (sulfide) groups is 2. The number of rotatable bonds is 2. The van der Waals surface area contributed by atoms with E-state index < -0.39 is 6.23 Å². The summed E-state index contributed by atoms with van der Waals surface area (Å²) in [5.74, 6) is -0.0760. The quantitative estimate of drug-likeness (QED) is 0.699. The Morgan fingerprint density at radius 1 is 1.00 bits per heavy atom. The highest BCUT2D eigenvalue weighted by molar-refractivity contribution is 8.01. The molecule has 5 heteroatoms. The molecule has 1 aliphatic heterocycles. The Hall–Kier alpha value is -0.130. The summed E-state index contributed by atoms with van der Waals surface area (Å²) in [6.45, 7) is 21.0. The normalized spacial score (nSPS) is 26.4. The first-order valence-corrected chi connectivity index (χ1v) is 10.3. The van der Waals surface area contributed by atoms with E-state index in [-0.39, 0.29) is 31.4 Å². The van der Waals surface area contributed by atoms with E-state index in [2.05, 4.69) is 68.4 Å². The van der Waals surface area contributed by atoms with Crippen molar-refractivity contribution in [2.75, 3.05) is 0 Å². The zero-order chi connectivity index (χ0) is 19.1. The van der Waals surface area contributed by atoms with Crippen molar-refractivity contribution in [1.82, 2.24) is 4.90 Å². The lowest BCUT2D eigenvalue weighted by molar-refractivity contribution is -0.139. The Balaban J connectivity index is 3.40. The second-order valence-electron chi connectivity index (χ2n) is 9.48. The first-order chi connectivity index (χ1) is 10.5. The number of aliphatic hydroxyl groups excluding tert-OH is 1. The van der Waals surface area contributed by atoms with Crippen LogP contribution in [0.5, 0.6) is 0 Å². The van der Waals surface area contributed by atoms with Gasteiger partial charge in [0.15, 0.2) is 0 Å². The predicted octanol–water partition coefficient (Wildman–Crippen LogP) is 4.90. The molecule has 0 aromatic carbocycles. The number of carbonyl (C=O) groups is 1. The first-order valence-electron chi connectivity index (χ1n) is 8.58. The number of hydrogen-bond acceptors (Lipinski definition) is 4. The number of amides is 1. The molecule has 0 saturated heterocycles. The molecule has 1 heterocycles. The van der Waals surface area contributed by atoms with Crippen LogP contribution in [-0.4, -0.2) is 42.3 Å². The zero-order valence-corrected chi connectivity index (χ0v) is 18.6. The van der Waals surface area contributed by atoms with Gasteiger partial charge in [-0.2, -0.15) is 0 Å². The molecular weight excluding hydrogens is 338 g/mol. The highest BCUT2D eigenvalue weighted by Gasteiger charge is 2.44. The molecule has 0 radical (unpaired) electrons. The molecule has 3 atom stereocenters. The molecule has 0 aromatic heterocycles. The summed E-state index contributed by atoms with van der Waals surface area (Å²) in [6.07, 6.45) is 1.42. The van der Waals surface area contributed by atoms with Crippen molar-refractivity contribution in [3.8, 4) is 0 Å². The van der Waals surface area contributed by atoms with Crippen LogP contribution in [0.4, 0.5) is 0 Å². The fourth-order valence-corrected chi connectivity index (χ4v) is 5.69.